The first-order valence-corrected chi connectivity index (χ1v) is 15.8. The van der Waals surface area contributed by atoms with Gasteiger partial charge in [0.2, 0.25) is 0 Å². The molecule has 0 saturated carbocycles. The van der Waals surface area contributed by atoms with Gasteiger partial charge in [-0.2, -0.15) is 13.2 Å². The summed E-state index contributed by atoms with van der Waals surface area (Å²) in [5.41, 5.74) is 5.65. The Kier molecular flexibility index (Phi) is 12.4. The molecule has 0 fully saturated rings. The molecule has 1 aromatic heterocycles. The number of benzene rings is 1. The van der Waals surface area contributed by atoms with Crippen LogP contribution in [0, 0.1) is 0 Å². The summed E-state index contributed by atoms with van der Waals surface area (Å²) in [4.78, 5) is 18.0. The van der Waals surface area contributed by atoms with E-state index in [0.717, 1.165) is 63.6 Å². The van der Waals surface area contributed by atoms with Gasteiger partial charge in [-0.25, -0.2) is 0 Å². The van der Waals surface area contributed by atoms with E-state index in [0.29, 0.717) is 26.1 Å². The van der Waals surface area contributed by atoms with Gasteiger partial charge in [-0.05, 0) is 93.3 Å². The minimum absolute atomic E-state index is 0.0515. The van der Waals surface area contributed by atoms with E-state index in [9.17, 15) is 23.2 Å². The van der Waals surface area contributed by atoms with Crippen LogP contribution in [0.4, 0.5) is 19.0 Å². The molecule has 2 aliphatic rings. The molecule has 0 saturated heterocycles. The first-order chi connectivity index (χ1) is 21.6. The molecule has 0 amide bonds. The van der Waals surface area contributed by atoms with E-state index in [-0.39, 0.29) is 16.3 Å². The molecule has 3 N–H and O–H groups in total. The second kappa shape index (κ2) is 16.5. The molecule has 2 aromatic rings. The summed E-state index contributed by atoms with van der Waals surface area (Å²) in [7, 11) is 0. The lowest BCUT2D eigenvalue weighted by molar-refractivity contribution is -0.906. The first kappa shape index (κ1) is 34.0. The molecule has 4 rings (SSSR count). The Morgan fingerprint density at radius 1 is 1.11 bits per heavy atom. The molecule has 1 atom stereocenters. The quantitative estimate of drug-likeness (QED) is 0.122. The highest BCUT2D eigenvalue weighted by molar-refractivity contribution is 5.83. The molecular weight excluding hydrogens is 583 g/mol. The van der Waals surface area contributed by atoms with Gasteiger partial charge in [0.25, 0.3) is 5.82 Å². The average molecular weight is 629 g/mol. The van der Waals surface area contributed by atoms with E-state index >= 15 is 0 Å². The van der Waals surface area contributed by atoms with Crippen LogP contribution in [0.5, 0.6) is 5.75 Å². The van der Waals surface area contributed by atoms with Crippen LogP contribution in [-0.4, -0.2) is 59.7 Å². The van der Waals surface area contributed by atoms with Crippen LogP contribution in [0.3, 0.4) is 0 Å². The molecule has 0 spiro atoms. The van der Waals surface area contributed by atoms with Gasteiger partial charge in [-0.3, -0.25) is 15.0 Å². The van der Waals surface area contributed by atoms with Gasteiger partial charge in [0.05, 0.1) is 0 Å². The van der Waals surface area contributed by atoms with E-state index in [1.54, 1.807) is 0 Å². The fraction of sp³-hybridized carbons (Fsp3) is 0.500. The average Bonchev–Trinajstić information content (AvgIpc) is 3.01. The number of carbonyl (C=O) groups excluding carboxylic acids is 1. The molecule has 1 aromatic carbocycles. The van der Waals surface area contributed by atoms with Gasteiger partial charge in [0, 0.05) is 37.8 Å². The zero-order valence-corrected chi connectivity index (χ0v) is 26.2. The van der Waals surface area contributed by atoms with Crippen molar-refractivity contribution >= 4 is 11.6 Å². The third kappa shape index (κ3) is 10.3. The van der Waals surface area contributed by atoms with Gasteiger partial charge < -0.3 is 15.3 Å². The Hall–Kier alpha value is -3.86. The minimum Gasteiger partial charge on any atom is -0.492 e. The maximum absolute atomic E-state index is 13.2. The number of nitrogens with zero attached hydrogens (tertiary/aromatic N) is 3. The van der Waals surface area contributed by atoms with Crippen LogP contribution < -0.4 is 20.1 Å². The van der Waals surface area contributed by atoms with Crippen molar-refractivity contribution in [2.75, 3.05) is 38.1 Å². The number of allylic oxidation sites excluding steroid dienone is 6. The number of carbonyl (C=O) groups is 1. The second-order valence-corrected chi connectivity index (χ2v) is 11.7. The summed E-state index contributed by atoms with van der Waals surface area (Å²) >= 11 is 0. The monoisotopic (exact) mass is 628 g/mol. The van der Waals surface area contributed by atoms with Gasteiger partial charge in [0.15, 0.2) is 5.78 Å². The number of Topliss-reactive ketones (excluding diaryl/α,β-unsaturated/α-hetero) is 1. The van der Waals surface area contributed by atoms with Crippen LogP contribution in [0.1, 0.15) is 71.0 Å². The van der Waals surface area contributed by atoms with Crippen molar-refractivity contribution in [1.29, 1.82) is 0 Å². The lowest BCUT2D eigenvalue weighted by atomic mass is 9.91. The number of hydrogen-bond acceptors (Lipinski definition) is 7. The Balaban J connectivity index is 1.36. The molecule has 1 aliphatic carbocycles. The number of ketones is 1. The summed E-state index contributed by atoms with van der Waals surface area (Å²) in [6, 6.07) is 9.95. The molecule has 8 nitrogen and oxygen atoms in total. The lowest BCUT2D eigenvalue weighted by Crippen LogP contribution is -2.46. The highest BCUT2D eigenvalue weighted by Gasteiger charge is 2.43. The molecule has 0 radical (unpaired) electrons. The number of para-hydroxylation sites is 1. The predicted octanol–water partition coefficient (Wildman–Crippen LogP) is 6.24. The molecule has 244 valence electrons. The van der Waals surface area contributed by atoms with E-state index in [1.165, 1.54) is 41.8 Å². The van der Waals surface area contributed by atoms with Crippen molar-refractivity contribution in [3.8, 4) is 5.75 Å². The first-order valence-electron chi connectivity index (χ1n) is 15.8. The SMILES string of the molecule is CC(=O)[C@H](CCN(CCCCC1=C(\C)CCC2=C(/C=C\1)CCCN2)CCOc1ccccc1)Nc1ccnc(C(F)(F)F)[n+]1O. The van der Waals surface area contributed by atoms with E-state index in [4.69, 9.17) is 4.74 Å². The second-order valence-electron chi connectivity index (χ2n) is 11.7. The zero-order chi connectivity index (χ0) is 32.2. The molecule has 0 bridgehead atoms. The molecule has 1 aliphatic heterocycles. The highest BCUT2D eigenvalue weighted by Crippen LogP contribution is 2.28. The number of anilines is 1. The minimum atomic E-state index is -4.85. The van der Waals surface area contributed by atoms with Crippen LogP contribution in [-0.2, 0) is 11.0 Å². The van der Waals surface area contributed by atoms with Gasteiger partial charge in [0.1, 0.15) is 24.6 Å². The predicted molar refractivity (Wildman–Crippen MR) is 167 cm³/mol. The largest absolute Gasteiger partial charge is 0.492 e. The Morgan fingerprint density at radius 2 is 1.91 bits per heavy atom. The molecule has 2 heterocycles. The third-order valence-corrected chi connectivity index (χ3v) is 8.38. The van der Waals surface area contributed by atoms with Crippen LogP contribution in [0.2, 0.25) is 0 Å². The lowest BCUT2D eigenvalue weighted by Gasteiger charge is -2.25. The van der Waals surface area contributed by atoms with Crippen LogP contribution in [0.25, 0.3) is 0 Å². The standard InChI is InChI=1S/C34H44F3N5O3/c1-25-13-16-31-28(10-8-19-38-31)15-14-27(25)9-6-7-21-41(23-24-45-29-11-4-3-5-12-29)22-18-30(26(2)43)40-32-17-20-39-33(42(32)44)34(35,36)37/h3-5,11-12,14-15,17,20,30,38,44H,6-10,13,16,18-19,21-24H2,1-2H3/p+1/b15-14-,27-25-/t30-/m0/s1. The maximum Gasteiger partial charge on any atom is 0.485 e. The highest BCUT2D eigenvalue weighted by atomic mass is 19.4. The Labute approximate surface area is 263 Å². The van der Waals surface area contributed by atoms with Gasteiger partial charge in [-0.1, -0.05) is 35.9 Å². The number of hydrogen-bond donors (Lipinski definition) is 3. The summed E-state index contributed by atoms with van der Waals surface area (Å²) in [5, 5.41) is 16.5. The number of rotatable bonds is 15. The summed E-state index contributed by atoms with van der Waals surface area (Å²) in [5.74, 6) is -1.19. The third-order valence-electron chi connectivity index (χ3n) is 8.38. The maximum atomic E-state index is 13.2. The van der Waals surface area contributed by atoms with Crippen LogP contribution in [0.15, 0.2) is 77.2 Å². The van der Waals surface area contributed by atoms with Crippen molar-refractivity contribution in [2.45, 2.75) is 77.4 Å². The Morgan fingerprint density at radius 3 is 2.67 bits per heavy atom. The fourth-order valence-electron chi connectivity index (χ4n) is 5.71. The Bertz CT molecular complexity index is 1370. The molecular formula is C34H45F3N5O3+. The van der Waals surface area contributed by atoms with Crippen LogP contribution >= 0.6 is 0 Å². The number of halogens is 3. The molecule has 0 unspecified atom stereocenters. The van der Waals surface area contributed by atoms with Gasteiger partial charge in [-0.15, -0.1) is 4.98 Å². The van der Waals surface area contributed by atoms with Gasteiger partial charge >= 0.3 is 12.0 Å². The number of aromatic nitrogens is 2. The molecule has 45 heavy (non-hydrogen) atoms. The zero-order valence-electron chi connectivity index (χ0n) is 26.2. The summed E-state index contributed by atoms with van der Waals surface area (Å²) in [6.07, 6.45) is 8.38. The molecule has 11 heteroatoms. The number of ether oxygens (including phenoxy) is 1. The van der Waals surface area contributed by atoms with Crippen molar-refractivity contribution in [2.24, 2.45) is 0 Å². The van der Waals surface area contributed by atoms with Crippen molar-refractivity contribution in [3.63, 3.8) is 0 Å². The normalized spacial score (nSPS) is 18.4. The summed E-state index contributed by atoms with van der Waals surface area (Å²) in [6.45, 7) is 7.05. The van der Waals surface area contributed by atoms with Crippen molar-refractivity contribution in [1.82, 2.24) is 15.2 Å². The summed E-state index contributed by atoms with van der Waals surface area (Å²) < 4.78 is 45.6. The van der Waals surface area contributed by atoms with E-state index in [1.807, 2.05) is 30.3 Å². The van der Waals surface area contributed by atoms with E-state index in [2.05, 4.69) is 39.6 Å². The fourth-order valence-corrected chi connectivity index (χ4v) is 5.71. The number of alkyl halides is 3. The topological polar surface area (TPSA) is 90.6 Å². The number of unbranched alkanes of at least 4 members (excludes halogenated alkanes) is 1. The number of nitrogens with one attached hydrogen (secondary N) is 2. The van der Waals surface area contributed by atoms with Crippen molar-refractivity contribution in [3.05, 3.63) is 83.0 Å². The van der Waals surface area contributed by atoms with E-state index < -0.39 is 18.0 Å². The smallest absolute Gasteiger partial charge is 0.485 e. The van der Waals surface area contributed by atoms with Crippen molar-refractivity contribution < 1.29 is 32.6 Å².